The predicted molar refractivity (Wildman–Crippen MR) is 65.2 cm³/mol. The van der Waals surface area contributed by atoms with Crippen molar-refractivity contribution in [3.8, 4) is 5.75 Å². The molecule has 0 aliphatic carbocycles. The van der Waals surface area contributed by atoms with Gasteiger partial charge in [0.1, 0.15) is 11.3 Å². The minimum absolute atomic E-state index is 0.128. The van der Waals surface area contributed by atoms with E-state index in [9.17, 15) is 9.90 Å². The lowest BCUT2D eigenvalue weighted by molar-refractivity contribution is 0.479. The number of para-hydroxylation sites is 1. The fraction of sp³-hybridized carbons (Fsp3) is 0.417. The summed E-state index contributed by atoms with van der Waals surface area (Å²) in [7, 11) is 0. The summed E-state index contributed by atoms with van der Waals surface area (Å²) < 4.78 is 1.72. The molecule has 1 aromatic carbocycles. The highest BCUT2D eigenvalue weighted by molar-refractivity contribution is 5.81. The third-order valence-corrected chi connectivity index (χ3v) is 3.39. The van der Waals surface area contributed by atoms with Gasteiger partial charge in [-0.25, -0.2) is 4.79 Å². The first kappa shape index (κ1) is 10.4. The van der Waals surface area contributed by atoms with Crippen molar-refractivity contribution in [2.75, 3.05) is 13.1 Å². The first-order valence-corrected chi connectivity index (χ1v) is 5.87. The quantitative estimate of drug-likeness (QED) is 0.713. The molecule has 0 saturated carbocycles. The second-order valence-corrected chi connectivity index (χ2v) is 4.57. The van der Waals surface area contributed by atoms with E-state index in [-0.39, 0.29) is 11.4 Å². The van der Waals surface area contributed by atoms with Crippen LogP contribution in [-0.2, 0) is 6.54 Å². The van der Waals surface area contributed by atoms with E-state index in [0.29, 0.717) is 18.0 Å². The Morgan fingerprint density at radius 2 is 2.35 bits per heavy atom. The maximum atomic E-state index is 11.9. The van der Waals surface area contributed by atoms with Gasteiger partial charge >= 0.3 is 5.69 Å². The fourth-order valence-corrected chi connectivity index (χ4v) is 2.47. The Labute approximate surface area is 98.1 Å². The van der Waals surface area contributed by atoms with Gasteiger partial charge in [0, 0.05) is 6.54 Å². The number of aromatic hydroxyl groups is 1. The van der Waals surface area contributed by atoms with Gasteiger partial charge in [-0.15, -0.1) is 0 Å². The van der Waals surface area contributed by atoms with Crippen molar-refractivity contribution < 1.29 is 5.11 Å². The first-order valence-electron chi connectivity index (χ1n) is 5.87. The molecule has 5 heteroatoms. The number of aromatic nitrogens is 2. The van der Waals surface area contributed by atoms with Crippen LogP contribution in [0, 0.1) is 5.92 Å². The highest BCUT2D eigenvalue weighted by Crippen LogP contribution is 2.22. The molecular formula is C12H15N3O2. The molecule has 1 aromatic heterocycles. The van der Waals surface area contributed by atoms with Crippen molar-refractivity contribution in [2.24, 2.45) is 5.92 Å². The lowest BCUT2D eigenvalue weighted by Crippen LogP contribution is -2.22. The number of phenols is 1. The number of nitrogens with one attached hydrogen (secondary N) is 2. The van der Waals surface area contributed by atoms with Crippen molar-refractivity contribution in [3.05, 3.63) is 28.7 Å². The zero-order chi connectivity index (χ0) is 11.8. The second kappa shape index (κ2) is 3.92. The summed E-state index contributed by atoms with van der Waals surface area (Å²) in [5, 5.41) is 13.0. The number of hydrogen-bond donors (Lipinski definition) is 3. The fourth-order valence-electron chi connectivity index (χ4n) is 2.47. The van der Waals surface area contributed by atoms with Crippen LogP contribution in [0.25, 0.3) is 11.0 Å². The van der Waals surface area contributed by atoms with Gasteiger partial charge in [-0.2, -0.15) is 0 Å². The summed E-state index contributed by atoms with van der Waals surface area (Å²) in [5.74, 6) is 0.622. The van der Waals surface area contributed by atoms with E-state index in [0.717, 1.165) is 25.0 Å². The van der Waals surface area contributed by atoms with E-state index in [1.165, 1.54) is 0 Å². The van der Waals surface area contributed by atoms with Gasteiger partial charge < -0.3 is 15.4 Å². The number of benzene rings is 1. The minimum Gasteiger partial charge on any atom is -0.506 e. The molecular weight excluding hydrogens is 218 g/mol. The molecule has 1 aliphatic rings. The van der Waals surface area contributed by atoms with Crippen LogP contribution in [0.2, 0.25) is 0 Å². The molecule has 1 atom stereocenters. The highest BCUT2D eigenvalue weighted by atomic mass is 16.3. The molecule has 90 valence electrons. The maximum absolute atomic E-state index is 11.9. The van der Waals surface area contributed by atoms with Crippen LogP contribution >= 0.6 is 0 Å². The third-order valence-electron chi connectivity index (χ3n) is 3.39. The van der Waals surface area contributed by atoms with Gasteiger partial charge in [0.15, 0.2) is 0 Å². The van der Waals surface area contributed by atoms with E-state index in [1.807, 2.05) is 6.07 Å². The SMILES string of the molecule is O=c1[nH]c2c(O)cccc2n1CC1CCNC1. The van der Waals surface area contributed by atoms with Crippen LogP contribution in [0.15, 0.2) is 23.0 Å². The lowest BCUT2D eigenvalue weighted by Gasteiger charge is -2.09. The average Bonchev–Trinajstić information content (AvgIpc) is 2.91. The summed E-state index contributed by atoms with van der Waals surface area (Å²) in [5.41, 5.74) is 1.17. The second-order valence-electron chi connectivity index (χ2n) is 4.57. The van der Waals surface area contributed by atoms with E-state index >= 15 is 0 Å². The molecule has 0 amide bonds. The van der Waals surface area contributed by atoms with E-state index in [1.54, 1.807) is 16.7 Å². The number of aromatic amines is 1. The van der Waals surface area contributed by atoms with Gasteiger partial charge in [0.05, 0.1) is 5.52 Å². The topological polar surface area (TPSA) is 70.0 Å². The largest absolute Gasteiger partial charge is 0.506 e. The molecule has 3 rings (SSSR count). The smallest absolute Gasteiger partial charge is 0.326 e. The molecule has 2 aromatic rings. The normalized spacial score (nSPS) is 20.1. The molecule has 1 fully saturated rings. The summed E-state index contributed by atoms with van der Waals surface area (Å²) in [4.78, 5) is 14.6. The number of phenolic OH excluding ortho intramolecular Hbond substituents is 1. The van der Waals surface area contributed by atoms with E-state index in [4.69, 9.17) is 0 Å². The van der Waals surface area contributed by atoms with Crippen molar-refractivity contribution in [3.63, 3.8) is 0 Å². The summed E-state index contributed by atoms with van der Waals surface area (Å²) in [6, 6.07) is 5.20. The lowest BCUT2D eigenvalue weighted by atomic mass is 10.1. The Morgan fingerprint density at radius 1 is 1.47 bits per heavy atom. The number of H-pyrrole nitrogens is 1. The monoisotopic (exact) mass is 233 g/mol. The van der Waals surface area contributed by atoms with E-state index in [2.05, 4.69) is 10.3 Å². The van der Waals surface area contributed by atoms with Crippen LogP contribution in [0.1, 0.15) is 6.42 Å². The molecule has 0 radical (unpaired) electrons. The molecule has 0 bridgehead atoms. The van der Waals surface area contributed by atoms with Crippen LogP contribution in [0.5, 0.6) is 5.75 Å². The van der Waals surface area contributed by atoms with Crippen molar-refractivity contribution in [1.82, 2.24) is 14.9 Å². The summed E-state index contributed by atoms with van der Waals surface area (Å²) in [6.07, 6.45) is 1.10. The first-order chi connectivity index (χ1) is 8.25. The van der Waals surface area contributed by atoms with Gasteiger partial charge in [0.2, 0.25) is 0 Å². The average molecular weight is 233 g/mol. The molecule has 0 spiro atoms. The van der Waals surface area contributed by atoms with E-state index < -0.39 is 0 Å². The number of nitrogens with zero attached hydrogens (tertiary/aromatic N) is 1. The number of imidazole rings is 1. The molecule has 5 nitrogen and oxygen atoms in total. The zero-order valence-corrected chi connectivity index (χ0v) is 9.44. The van der Waals surface area contributed by atoms with Gasteiger partial charge in [-0.05, 0) is 37.6 Å². The molecule has 1 unspecified atom stereocenters. The van der Waals surface area contributed by atoms with Crippen molar-refractivity contribution in [1.29, 1.82) is 0 Å². The van der Waals surface area contributed by atoms with Gasteiger partial charge in [-0.1, -0.05) is 6.07 Å². The Kier molecular flexibility index (Phi) is 2.40. The molecule has 3 N–H and O–H groups in total. The van der Waals surface area contributed by atoms with Gasteiger partial charge in [0.25, 0.3) is 0 Å². The predicted octanol–water partition coefficient (Wildman–Crippen LogP) is 0.645. The Bertz CT molecular complexity index is 593. The number of fused-ring (bicyclic) bond motifs is 1. The van der Waals surface area contributed by atoms with Crippen LogP contribution in [-0.4, -0.2) is 27.7 Å². The van der Waals surface area contributed by atoms with Gasteiger partial charge in [-0.3, -0.25) is 4.57 Å². The third kappa shape index (κ3) is 1.72. The number of hydrogen-bond acceptors (Lipinski definition) is 3. The van der Waals surface area contributed by atoms with Crippen molar-refractivity contribution in [2.45, 2.75) is 13.0 Å². The molecule has 17 heavy (non-hydrogen) atoms. The summed E-state index contributed by atoms with van der Waals surface area (Å²) >= 11 is 0. The van der Waals surface area contributed by atoms with Crippen LogP contribution in [0.4, 0.5) is 0 Å². The maximum Gasteiger partial charge on any atom is 0.326 e. The molecule has 2 heterocycles. The van der Waals surface area contributed by atoms with Crippen LogP contribution in [0.3, 0.4) is 0 Å². The Hall–Kier alpha value is -1.75. The Balaban J connectivity index is 2.06. The molecule has 1 saturated heterocycles. The molecule has 1 aliphatic heterocycles. The van der Waals surface area contributed by atoms with Crippen molar-refractivity contribution >= 4 is 11.0 Å². The minimum atomic E-state index is -0.145. The Morgan fingerprint density at radius 3 is 3.12 bits per heavy atom. The summed E-state index contributed by atoms with van der Waals surface area (Å²) in [6.45, 7) is 2.68. The zero-order valence-electron chi connectivity index (χ0n) is 9.44. The standard InChI is InChI=1S/C12H15N3O2/c16-10-3-1-2-9-11(10)14-12(17)15(9)7-8-4-5-13-6-8/h1-3,8,13,16H,4-7H2,(H,14,17). The number of rotatable bonds is 2. The van der Waals surface area contributed by atoms with Crippen LogP contribution < -0.4 is 11.0 Å². The highest BCUT2D eigenvalue weighted by Gasteiger charge is 2.18.